The highest BCUT2D eigenvalue weighted by atomic mass is 19.1. The molecule has 1 aromatic rings. The average molecular weight is 348 g/mol. The topological polar surface area (TPSA) is 32.8 Å². The Morgan fingerprint density at radius 1 is 1.00 bits per heavy atom. The third-order valence-electron chi connectivity index (χ3n) is 5.34. The van der Waals surface area contributed by atoms with Crippen molar-refractivity contribution in [3.8, 4) is 5.75 Å². The standard InChI is InChI=1S/C20H29FN2O2/c21-18-5-7-19(8-6-18)25-16-15-22-13-9-17(10-14-22)20(24)23-11-3-1-2-4-12-23/h5-8,17H,1-4,9-16H2. The summed E-state index contributed by atoms with van der Waals surface area (Å²) in [6, 6.07) is 6.13. The summed E-state index contributed by atoms with van der Waals surface area (Å²) in [6.07, 6.45) is 6.74. The van der Waals surface area contributed by atoms with Crippen molar-refractivity contribution in [2.45, 2.75) is 38.5 Å². The van der Waals surface area contributed by atoms with E-state index in [1.54, 1.807) is 12.1 Å². The Hall–Kier alpha value is -1.62. The molecule has 0 saturated carbocycles. The molecule has 0 aliphatic carbocycles. The van der Waals surface area contributed by atoms with E-state index in [9.17, 15) is 9.18 Å². The molecule has 2 heterocycles. The maximum atomic E-state index is 12.9. The summed E-state index contributed by atoms with van der Waals surface area (Å²) in [6.45, 7) is 5.25. The van der Waals surface area contributed by atoms with Gasteiger partial charge >= 0.3 is 0 Å². The lowest BCUT2D eigenvalue weighted by Crippen LogP contribution is -2.43. The molecule has 3 rings (SSSR count). The second kappa shape index (κ2) is 9.18. The smallest absolute Gasteiger partial charge is 0.225 e. The molecule has 2 saturated heterocycles. The predicted molar refractivity (Wildman–Crippen MR) is 96.1 cm³/mol. The highest BCUT2D eigenvalue weighted by Crippen LogP contribution is 2.21. The molecule has 1 amide bonds. The average Bonchev–Trinajstić information content (AvgIpc) is 2.93. The van der Waals surface area contributed by atoms with Crippen molar-refractivity contribution in [2.75, 3.05) is 39.3 Å². The monoisotopic (exact) mass is 348 g/mol. The number of carbonyl (C=O) groups is 1. The minimum absolute atomic E-state index is 0.201. The SMILES string of the molecule is O=C(C1CCN(CCOc2ccc(F)cc2)CC1)N1CCCCCC1. The maximum absolute atomic E-state index is 12.9. The molecule has 2 fully saturated rings. The minimum atomic E-state index is -0.247. The number of hydrogen-bond acceptors (Lipinski definition) is 3. The lowest BCUT2D eigenvalue weighted by atomic mass is 9.95. The van der Waals surface area contributed by atoms with Gasteiger partial charge in [-0.05, 0) is 63.0 Å². The van der Waals surface area contributed by atoms with Gasteiger partial charge in [-0.25, -0.2) is 4.39 Å². The van der Waals surface area contributed by atoms with E-state index in [4.69, 9.17) is 4.74 Å². The number of ether oxygens (including phenoxy) is 1. The number of hydrogen-bond donors (Lipinski definition) is 0. The second-order valence-corrected chi connectivity index (χ2v) is 7.16. The number of amides is 1. The number of halogens is 1. The van der Waals surface area contributed by atoms with Gasteiger partial charge in [0.05, 0.1) is 0 Å². The van der Waals surface area contributed by atoms with E-state index in [0.29, 0.717) is 18.3 Å². The van der Waals surface area contributed by atoms with Crippen LogP contribution in [0.15, 0.2) is 24.3 Å². The second-order valence-electron chi connectivity index (χ2n) is 7.16. The zero-order chi connectivity index (χ0) is 17.5. The molecule has 2 aliphatic heterocycles. The quantitative estimate of drug-likeness (QED) is 0.818. The van der Waals surface area contributed by atoms with Crippen molar-refractivity contribution < 1.29 is 13.9 Å². The molecule has 5 heteroatoms. The van der Waals surface area contributed by atoms with Gasteiger partial charge in [0.15, 0.2) is 0 Å². The first-order valence-corrected chi connectivity index (χ1v) is 9.62. The van der Waals surface area contributed by atoms with Crippen LogP contribution in [0.25, 0.3) is 0 Å². The van der Waals surface area contributed by atoms with Crippen molar-refractivity contribution in [1.29, 1.82) is 0 Å². The van der Waals surface area contributed by atoms with Crippen LogP contribution < -0.4 is 4.74 Å². The van der Waals surface area contributed by atoms with Crippen molar-refractivity contribution in [1.82, 2.24) is 9.80 Å². The number of nitrogens with zero attached hydrogens (tertiary/aromatic N) is 2. The summed E-state index contributed by atoms with van der Waals surface area (Å²) in [5.41, 5.74) is 0. The molecule has 0 N–H and O–H groups in total. The summed E-state index contributed by atoms with van der Waals surface area (Å²) in [7, 11) is 0. The highest BCUT2D eigenvalue weighted by molar-refractivity contribution is 5.79. The van der Waals surface area contributed by atoms with Crippen LogP contribution in [0.5, 0.6) is 5.75 Å². The Kier molecular flexibility index (Phi) is 6.68. The lowest BCUT2D eigenvalue weighted by molar-refractivity contribution is -0.137. The van der Waals surface area contributed by atoms with Gasteiger partial charge in [0.1, 0.15) is 18.2 Å². The molecule has 0 unspecified atom stereocenters. The number of piperidine rings is 1. The van der Waals surface area contributed by atoms with Gasteiger partial charge < -0.3 is 9.64 Å². The van der Waals surface area contributed by atoms with Crippen LogP contribution in [-0.2, 0) is 4.79 Å². The predicted octanol–water partition coefficient (Wildman–Crippen LogP) is 3.32. The fourth-order valence-corrected chi connectivity index (χ4v) is 3.78. The molecule has 0 aromatic heterocycles. The Labute approximate surface area is 149 Å². The zero-order valence-corrected chi connectivity index (χ0v) is 15.0. The molecule has 0 bridgehead atoms. The number of carbonyl (C=O) groups excluding carboxylic acids is 1. The molecule has 2 aliphatic rings. The van der Waals surface area contributed by atoms with Gasteiger partial charge in [-0.3, -0.25) is 9.69 Å². The van der Waals surface area contributed by atoms with E-state index in [0.717, 1.165) is 58.4 Å². The maximum Gasteiger partial charge on any atom is 0.225 e. The molecular formula is C20H29FN2O2. The zero-order valence-electron chi connectivity index (χ0n) is 15.0. The van der Waals surface area contributed by atoms with Crippen LogP contribution in [0.4, 0.5) is 4.39 Å². The molecule has 0 radical (unpaired) electrons. The normalized spacial score (nSPS) is 20.3. The number of rotatable bonds is 5. The Morgan fingerprint density at radius 2 is 1.64 bits per heavy atom. The Morgan fingerprint density at radius 3 is 2.28 bits per heavy atom. The summed E-state index contributed by atoms with van der Waals surface area (Å²) >= 11 is 0. The van der Waals surface area contributed by atoms with Crippen LogP contribution in [0, 0.1) is 11.7 Å². The summed E-state index contributed by atoms with van der Waals surface area (Å²) < 4.78 is 18.5. The largest absolute Gasteiger partial charge is 0.492 e. The molecular weight excluding hydrogens is 319 g/mol. The fraction of sp³-hybridized carbons (Fsp3) is 0.650. The van der Waals surface area contributed by atoms with Crippen LogP contribution in [0.1, 0.15) is 38.5 Å². The third-order valence-corrected chi connectivity index (χ3v) is 5.34. The lowest BCUT2D eigenvalue weighted by Gasteiger charge is -2.33. The van der Waals surface area contributed by atoms with E-state index in [1.165, 1.54) is 25.0 Å². The van der Waals surface area contributed by atoms with E-state index >= 15 is 0 Å². The first-order valence-electron chi connectivity index (χ1n) is 9.62. The molecule has 25 heavy (non-hydrogen) atoms. The van der Waals surface area contributed by atoms with E-state index < -0.39 is 0 Å². The molecule has 138 valence electrons. The third kappa shape index (κ3) is 5.43. The van der Waals surface area contributed by atoms with Crippen LogP contribution >= 0.6 is 0 Å². The van der Waals surface area contributed by atoms with Crippen molar-refractivity contribution in [2.24, 2.45) is 5.92 Å². The highest BCUT2D eigenvalue weighted by Gasteiger charge is 2.28. The number of likely N-dealkylation sites (tertiary alicyclic amines) is 2. The van der Waals surface area contributed by atoms with E-state index in [-0.39, 0.29) is 11.7 Å². The van der Waals surface area contributed by atoms with Crippen LogP contribution in [-0.4, -0.2) is 55.0 Å². The van der Waals surface area contributed by atoms with Crippen molar-refractivity contribution in [3.63, 3.8) is 0 Å². The van der Waals surface area contributed by atoms with Crippen LogP contribution in [0.3, 0.4) is 0 Å². The molecule has 0 atom stereocenters. The Bertz CT molecular complexity index is 533. The van der Waals surface area contributed by atoms with Gasteiger partial charge in [0.25, 0.3) is 0 Å². The van der Waals surface area contributed by atoms with E-state index in [2.05, 4.69) is 9.80 Å². The van der Waals surface area contributed by atoms with Gasteiger partial charge in [-0.15, -0.1) is 0 Å². The van der Waals surface area contributed by atoms with Gasteiger partial charge in [0.2, 0.25) is 5.91 Å². The van der Waals surface area contributed by atoms with Crippen molar-refractivity contribution >= 4 is 5.91 Å². The van der Waals surface area contributed by atoms with Crippen molar-refractivity contribution in [3.05, 3.63) is 30.1 Å². The Balaban J connectivity index is 1.36. The summed E-state index contributed by atoms with van der Waals surface area (Å²) in [5, 5.41) is 0. The van der Waals surface area contributed by atoms with Gasteiger partial charge in [-0.2, -0.15) is 0 Å². The number of benzene rings is 1. The first kappa shape index (κ1) is 18.2. The minimum Gasteiger partial charge on any atom is -0.492 e. The van der Waals surface area contributed by atoms with E-state index in [1.807, 2.05) is 0 Å². The fourth-order valence-electron chi connectivity index (χ4n) is 3.78. The molecule has 0 spiro atoms. The van der Waals surface area contributed by atoms with Crippen LogP contribution in [0.2, 0.25) is 0 Å². The van der Waals surface area contributed by atoms with Gasteiger partial charge in [0, 0.05) is 25.6 Å². The first-order chi connectivity index (χ1) is 12.2. The van der Waals surface area contributed by atoms with Gasteiger partial charge in [-0.1, -0.05) is 12.8 Å². The molecule has 4 nitrogen and oxygen atoms in total. The summed E-state index contributed by atoms with van der Waals surface area (Å²) in [4.78, 5) is 17.2. The molecule has 1 aromatic carbocycles. The summed E-state index contributed by atoms with van der Waals surface area (Å²) in [5.74, 6) is 1.03.